The Morgan fingerprint density at radius 3 is 2.48 bits per heavy atom. The molecule has 3 aromatic rings. The highest BCUT2D eigenvalue weighted by molar-refractivity contribution is 5.74. The van der Waals surface area contributed by atoms with Crippen LogP contribution in [0.1, 0.15) is 54.9 Å². The summed E-state index contributed by atoms with van der Waals surface area (Å²) in [5.41, 5.74) is 2.11. The molecule has 4 rings (SSSR count). The van der Waals surface area contributed by atoms with Crippen LogP contribution in [0.5, 0.6) is 0 Å². The maximum absolute atomic E-state index is 12.9. The number of rotatable bonds is 5. The molecule has 162 valence electrons. The molecule has 1 unspecified atom stereocenters. The van der Waals surface area contributed by atoms with Gasteiger partial charge in [-0.3, -0.25) is 0 Å². The van der Waals surface area contributed by atoms with E-state index < -0.39 is 17.8 Å². The molecule has 0 spiro atoms. The van der Waals surface area contributed by atoms with Crippen molar-refractivity contribution in [3.63, 3.8) is 0 Å². The molecule has 1 saturated carbocycles. The lowest BCUT2D eigenvalue weighted by atomic mass is 9.82. The molecule has 2 aromatic heterocycles. The molecule has 1 aliphatic carbocycles. The van der Waals surface area contributed by atoms with Crippen LogP contribution in [0.4, 0.5) is 13.2 Å². The number of hydrogen-bond acceptors (Lipinski definition) is 3. The summed E-state index contributed by atoms with van der Waals surface area (Å²) < 4.78 is 40.1. The summed E-state index contributed by atoms with van der Waals surface area (Å²) in [6.07, 6.45) is 4.24. The predicted molar refractivity (Wildman–Crippen MR) is 113 cm³/mol. The molecule has 7 heteroatoms. The van der Waals surface area contributed by atoms with Gasteiger partial charge in [0.05, 0.1) is 17.4 Å². The summed E-state index contributed by atoms with van der Waals surface area (Å²) in [4.78, 5) is 3.96. The van der Waals surface area contributed by atoms with Crippen molar-refractivity contribution in [1.82, 2.24) is 14.8 Å². The van der Waals surface area contributed by atoms with Crippen molar-refractivity contribution in [2.45, 2.75) is 44.4 Å². The highest BCUT2D eigenvalue weighted by Crippen LogP contribution is 2.39. The number of halogens is 3. The zero-order valence-electron chi connectivity index (χ0n) is 17.0. The molecule has 1 atom stereocenters. The Balaban J connectivity index is 1.79. The molecule has 0 aliphatic heterocycles. The van der Waals surface area contributed by atoms with Crippen LogP contribution < -0.4 is 0 Å². The molecule has 0 amide bonds. The fourth-order valence-corrected chi connectivity index (χ4v) is 4.21. The van der Waals surface area contributed by atoms with Gasteiger partial charge in [0.15, 0.2) is 5.82 Å². The van der Waals surface area contributed by atoms with Gasteiger partial charge in [-0.05, 0) is 36.5 Å². The molecule has 1 fully saturated rings. The van der Waals surface area contributed by atoms with Gasteiger partial charge in [-0.1, -0.05) is 56.2 Å². The Morgan fingerprint density at radius 1 is 1.10 bits per heavy atom. The van der Waals surface area contributed by atoms with E-state index in [-0.39, 0.29) is 11.7 Å². The second kappa shape index (κ2) is 8.67. The predicted octanol–water partition coefficient (Wildman–Crippen LogP) is 6.21. The molecule has 4 nitrogen and oxygen atoms in total. The highest BCUT2D eigenvalue weighted by atomic mass is 19.4. The second-order valence-electron chi connectivity index (χ2n) is 7.91. The van der Waals surface area contributed by atoms with Gasteiger partial charge < -0.3 is 5.11 Å². The first kappa shape index (κ1) is 21.3. The van der Waals surface area contributed by atoms with E-state index in [9.17, 15) is 18.3 Å². The van der Waals surface area contributed by atoms with E-state index in [0.29, 0.717) is 11.3 Å². The zero-order valence-corrected chi connectivity index (χ0v) is 17.0. The monoisotopic (exact) mass is 427 g/mol. The first-order chi connectivity index (χ1) is 14.9. The lowest BCUT2D eigenvalue weighted by molar-refractivity contribution is -0.137. The molecule has 0 radical (unpaired) electrons. The molecule has 1 N–H and O–H groups in total. The van der Waals surface area contributed by atoms with Gasteiger partial charge in [-0.15, -0.1) is 0 Å². The van der Waals surface area contributed by atoms with Crippen LogP contribution >= 0.6 is 0 Å². The number of hydrogen-bond donors (Lipinski definition) is 1. The van der Waals surface area contributed by atoms with E-state index in [4.69, 9.17) is 0 Å². The van der Waals surface area contributed by atoms with Crippen molar-refractivity contribution < 1.29 is 18.3 Å². The van der Waals surface area contributed by atoms with Crippen LogP contribution in [0, 0.1) is 5.92 Å². The van der Waals surface area contributed by atoms with Crippen LogP contribution in [0.2, 0.25) is 0 Å². The molecule has 0 bridgehead atoms. The van der Waals surface area contributed by atoms with Gasteiger partial charge in [-0.2, -0.15) is 18.3 Å². The minimum absolute atomic E-state index is 0.126. The summed E-state index contributed by atoms with van der Waals surface area (Å²) in [6, 6.07) is 9.87. The summed E-state index contributed by atoms with van der Waals surface area (Å²) in [5.74, 6) is 0.383. The van der Waals surface area contributed by atoms with Crippen molar-refractivity contribution in [3.05, 3.63) is 72.1 Å². The first-order valence-electron chi connectivity index (χ1n) is 10.4. The van der Waals surface area contributed by atoms with E-state index >= 15 is 0 Å². The molecule has 31 heavy (non-hydrogen) atoms. The molecular formula is C24H24F3N3O. The lowest BCUT2D eigenvalue weighted by Gasteiger charge is -2.26. The molecule has 1 aromatic carbocycles. The Bertz CT molecular complexity index is 1050. The average Bonchev–Trinajstić information content (AvgIpc) is 3.24. The lowest BCUT2D eigenvalue weighted by Crippen LogP contribution is -2.16. The van der Waals surface area contributed by atoms with E-state index in [0.717, 1.165) is 49.1 Å². The summed E-state index contributed by atoms with van der Waals surface area (Å²) in [5, 5.41) is 15.8. The normalized spacial score (nSPS) is 16.3. The maximum atomic E-state index is 12.9. The van der Waals surface area contributed by atoms with Gasteiger partial charge in [0.25, 0.3) is 0 Å². The van der Waals surface area contributed by atoms with Crippen molar-refractivity contribution in [1.29, 1.82) is 0 Å². The Labute approximate surface area is 179 Å². The van der Waals surface area contributed by atoms with Crippen LogP contribution in [0.3, 0.4) is 0 Å². The largest absolute Gasteiger partial charge is 0.417 e. The third-order valence-electron chi connectivity index (χ3n) is 5.90. The summed E-state index contributed by atoms with van der Waals surface area (Å²) in [7, 11) is 0. The second-order valence-corrected chi connectivity index (χ2v) is 7.91. The van der Waals surface area contributed by atoms with Gasteiger partial charge >= 0.3 is 6.18 Å². The van der Waals surface area contributed by atoms with Crippen LogP contribution in [0.25, 0.3) is 23.2 Å². The zero-order chi connectivity index (χ0) is 22.0. The maximum Gasteiger partial charge on any atom is 0.417 e. The van der Waals surface area contributed by atoms with Gasteiger partial charge in [0.2, 0.25) is 0 Å². The van der Waals surface area contributed by atoms with Crippen LogP contribution in [-0.2, 0) is 6.18 Å². The fraction of sp³-hybridized carbons (Fsp3) is 0.333. The van der Waals surface area contributed by atoms with Crippen LogP contribution in [0.15, 0.2) is 55.4 Å². The minimum Gasteiger partial charge on any atom is -0.388 e. The number of alkyl halides is 3. The molecule has 1 aliphatic rings. The number of aliphatic hydroxyl groups excluding tert-OH is 1. The van der Waals surface area contributed by atoms with Crippen molar-refractivity contribution in [2.75, 3.05) is 0 Å². The van der Waals surface area contributed by atoms with Gasteiger partial charge in [0.1, 0.15) is 0 Å². The Morgan fingerprint density at radius 2 is 1.84 bits per heavy atom. The van der Waals surface area contributed by atoms with Crippen LogP contribution in [-0.4, -0.2) is 19.9 Å². The molecule has 0 saturated heterocycles. The number of aliphatic hydroxyl groups is 1. The average molecular weight is 427 g/mol. The SMILES string of the molecule is C=Cc1ccccc1-c1nn(-c2ccc(C(F)(F)F)cn2)cc1C(O)C1CCCCC1. The number of pyridine rings is 1. The fourth-order valence-electron chi connectivity index (χ4n) is 4.21. The molecule has 2 heterocycles. The number of aromatic nitrogens is 3. The van der Waals surface area contributed by atoms with E-state index in [1.807, 2.05) is 24.3 Å². The van der Waals surface area contributed by atoms with Gasteiger partial charge in [-0.25, -0.2) is 9.67 Å². The van der Waals surface area contributed by atoms with E-state index in [1.54, 1.807) is 12.3 Å². The number of nitrogens with zero attached hydrogens (tertiary/aromatic N) is 3. The Kier molecular flexibility index (Phi) is 5.96. The third kappa shape index (κ3) is 4.42. The van der Waals surface area contributed by atoms with E-state index in [2.05, 4.69) is 16.7 Å². The van der Waals surface area contributed by atoms with Crippen molar-refractivity contribution in [2.24, 2.45) is 5.92 Å². The minimum atomic E-state index is -4.45. The smallest absolute Gasteiger partial charge is 0.388 e. The van der Waals surface area contributed by atoms with Gasteiger partial charge in [0, 0.05) is 23.5 Å². The number of benzene rings is 1. The molecular weight excluding hydrogens is 403 g/mol. The first-order valence-corrected chi connectivity index (χ1v) is 10.4. The van der Waals surface area contributed by atoms with Crippen molar-refractivity contribution in [3.8, 4) is 17.1 Å². The quantitative estimate of drug-likeness (QED) is 0.527. The van der Waals surface area contributed by atoms with Crippen molar-refractivity contribution >= 4 is 6.08 Å². The topological polar surface area (TPSA) is 50.9 Å². The summed E-state index contributed by atoms with van der Waals surface area (Å²) in [6.45, 7) is 3.86. The van der Waals surface area contributed by atoms with E-state index in [1.165, 1.54) is 17.2 Å². The third-order valence-corrected chi connectivity index (χ3v) is 5.90. The summed E-state index contributed by atoms with van der Waals surface area (Å²) >= 11 is 0. The standard InChI is InChI=1S/C24H24F3N3O/c1-2-16-8-6-7-11-19(16)22-20(23(31)17-9-4-3-5-10-17)15-30(29-22)21-13-12-18(14-28-21)24(25,26)27/h2,6-8,11-15,17,23,31H,1,3-5,9-10H2. The highest BCUT2D eigenvalue weighted by Gasteiger charge is 2.31. The Hall–Kier alpha value is -2.93.